The van der Waals surface area contributed by atoms with Gasteiger partial charge in [0.1, 0.15) is 0 Å². The molecule has 2 heterocycles. The molecule has 230 valence electrons. The standard InChI is InChI=1S/C35H39N3O4S2/c1-36-22-12-24-44-35(43-23-11-3-6-19-33(41)42-38-31(39)20-21-32(38)40)34-27-15-7-9-17-29(27)37(25-26-13-4-2-5-14-26)30-18-10-8-16-28(30)34/h2,4-5,7-10,13-18,20-21,36,39-40H,3,6,11-12,19,22-25H2,1H3. The lowest BCUT2D eigenvalue weighted by molar-refractivity contribution is -0.145. The summed E-state index contributed by atoms with van der Waals surface area (Å²) >= 11 is 3.84. The summed E-state index contributed by atoms with van der Waals surface area (Å²) in [5.74, 6) is 0.848. The van der Waals surface area contributed by atoms with E-state index in [-0.39, 0.29) is 18.2 Å². The fourth-order valence-corrected chi connectivity index (χ4v) is 7.80. The van der Waals surface area contributed by atoms with Gasteiger partial charge in [0.15, 0.2) is 0 Å². The quantitative estimate of drug-likeness (QED) is 0.116. The summed E-state index contributed by atoms with van der Waals surface area (Å²) in [6.07, 6.45) is 3.79. The Hall–Kier alpha value is -3.79. The first kappa shape index (κ1) is 31.6. The number of carbonyl (C=O) groups is 1. The first-order valence-electron chi connectivity index (χ1n) is 15.0. The summed E-state index contributed by atoms with van der Waals surface area (Å²) in [4.78, 5) is 19.7. The lowest BCUT2D eigenvalue weighted by Crippen LogP contribution is -2.23. The van der Waals surface area contributed by atoms with Crippen LogP contribution in [-0.4, -0.2) is 46.0 Å². The highest BCUT2D eigenvalue weighted by Crippen LogP contribution is 2.50. The van der Waals surface area contributed by atoms with Gasteiger partial charge in [0.25, 0.3) is 0 Å². The molecule has 4 aromatic rings. The molecule has 0 amide bonds. The van der Waals surface area contributed by atoms with Crippen molar-refractivity contribution in [3.8, 4) is 11.8 Å². The third-order valence-electron chi connectivity index (χ3n) is 7.37. The smallest absolute Gasteiger partial charge is 0.333 e. The number of fused-ring (bicyclic) bond motifs is 2. The van der Waals surface area contributed by atoms with Crippen molar-refractivity contribution in [1.82, 2.24) is 10.0 Å². The highest BCUT2D eigenvalue weighted by Gasteiger charge is 2.28. The van der Waals surface area contributed by atoms with Gasteiger partial charge in [-0.25, -0.2) is 4.79 Å². The number of benzene rings is 3. The third kappa shape index (κ3) is 7.83. The van der Waals surface area contributed by atoms with E-state index in [0.717, 1.165) is 48.6 Å². The maximum atomic E-state index is 12.2. The topological polar surface area (TPSA) is 87.0 Å². The van der Waals surface area contributed by atoms with Gasteiger partial charge in [-0.15, -0.1) is 28.3 Å². The van der Waals surface area contributed by atoms with Crippen LogP contribution >= 0.6 is 23.5 Å². The molecule has 3 N–H and O–H groups in total. The zero-order valence-corrected chi connectivity index (χ0v) is 26.6. The normalized spacial score (nSPS) is 12.1. The van der Waals surface area contributed by atoms with Crippen LogP contribution in [0.4, 0.5) is 11.4 Å². The maximum Gasteiger partial charge on any atom is 0.333 e. The predicted molar refractivity (Wildman–Crippen MR) is 182 cm³/mol. The number of hydrogen-bond donors (Lipinski definition) is 3. The monoisotopic (exact) mass is 629 g/mol. The van der Waals surface area contributed by atoms with E-state index in [4.69, 9.17) is 4.84 Å². The van der Waals surface area contributed by atoms with Crippen molar-refractivity contribution in [3.05, 3.63) is 112 Å². The molecule has 3 aromatic carbocycles. The fraction of sp³-hybridized carbons (Fsp3) is 0.286. The minimum absolute atomic E-state index is 0.215. The molecular formula is C35H39N3O4S2. The van der Waals surface area contributed by atoms with E-state index in [0.29, 0.717) is 6.42 Å². The Balaban J connectivity index is 1.32. The molecule has 0 aliphatic carbocycles. The zero-order valence-electron chi connectivity index (χ0n) is 24.9. The Morgan fingerprint density at radius 3 is 1.98 bits per heavy atom. The molecule has 0 fully saturated rings. The van der Waals surface area contributed by atoms with E-state index in [1.165, 1.54) is 50.0 Å². The molecule has 7 nitrogen and oxygen atoms in total. The molecule has 0 saturated heterocycles. The minimum atomic E-state index is -0.488. The molecule has 1 aliphatic heterocycles. The fourth-order valence-electron chi connectivity index (χ4n) is 5.23. The van der Waals surface area contributed by atoms with Crippen molar-refractivity contribution in [2.24, 2.45) is 0 Å². The number of rotatable bonds is 15. The van der Waals surface area contributed by atoms with Crippen LogP contribution in [0.1, 0.15) is 48.8 Å². The van der Waals surface area contributed by atoms with Gasteiger partial charge in [-0.3, -0.25) is 0 Å². The van der Waals surface area contributed by atoms with Gasteiger partial charge in [0.05, 0.1) is 0 Å². The number of aromatic hydroxyl groups is 2. The summed E-state index contributed by atoms with van der Waals surface area (Å²) in [6.45, 7) is 1.78. The summed E-state index contributed by atoms with van der Waals surface area (Å²) in [5.41, 5.74) is 7.52. The molecule has 5 rings (SSSR count). The van der Waals surface area contributed by atoms with E-state index in [1.54, 1.807) is 0 Å². The molecule has 44 heavy (non-hydrogen) atoms. The number of anilines is 2. The second-order valence-corrected chi connectivity index (χ2v) is 13.0. The van der Waals surface area contributed by atoms with E-state index in [1.807, 2.05) is 30.6 Å². The number of unbranched alkanes of at least 4 members (excludes halogenated alkanes) is 2. The van der Waals surface area contributed by atoms with Gasteiger partial charge in [0.2, 0.25) is 11.8 Å². The minimum Gasteiger partial charge on any atom is -0.492 e. The zero-order chi connectivity index (χ0) is 30.7. The molecule has 0 bridgehead atoms. The molecule has 1 aromatic heterocycles. The number of hydrogen-bond acceptors (Lipinski definition) is 8. The molecular weight excluding hydrogens is 591 g/mol. The Labute approximate surface area is 267 Å². The lowest BCUT2D eigenvalue weighted by atomic mass is 9.91. The predicted octanol–water partition coefficient (Wildman–Crippen LogP) is 7.56. The van der Waals surface area contributed by atoms with Gasteiger partial charge in [-0.1, -0.05) is 73.2 Å². The number of para-hydroxylation sites is 2. The van der Waals surface area contributed by atoms with Crippen molar-refractivity contribution < 1.29 is 19.8 Å². The van der Waals surface area contributed by atoms with Gasteiger partial charge in [-0.2, -0.15) is 0 Å². The molecule has 0 unspecified atom stereocenters. The van der Waals surface area contributed by atoms with Crippen LogP contribution in [0.3, 0.4) is 0 Å². The second-order valence-electron chi connectivity index (χ2n) is 10.5. The van der Waals surface area contributed by atoms with E-state index in [9.17, 15) is 15.0 Å². The van der Waals surface area contributed by atoms with Crippen molar-refractivity contribution >= 4 is 46.4 Å². The van der Waals surface area contributed by atoms with Crippen molar-refractivity contribution in [1.29, 1.82) is 0 Å². The number of nitrogens with zero attached hydrogens (tertiary/aromatic N) is 2. The van der Waals surface area contributed by atoms with Crippen molar-refractivity contribution in [2.45, 2.75) is 38.6 Å². The first-order chi connectivity index (χ1) is 21.6. The summed E-state index contributed by atoms with van der Waals surface area (Å²) in [5, 5.41) is 22.6. The van der Waals surface area contributed by atoms with Crippen LogP contribution < -0.4 is 15.1 Å². The average Bonchev–Trinajstić information content (AvgIpc) is 3.36. The van der Waals surface area contributed by atoms with Gasteiger partial charge in [-0.05, 0) is 62.1 Å². The molecule has 9 heteroatoms. The number of nitrogens with one attached hydrogen (secondary N) is 1. The van der Waals surface area contributed by atoms with Crippen LogP contribution in [0, 0.1) is 0 Å². The highest BCUT2D eigenvalue weighted by atomic mass is 32.2. The molecule has 1 aliphatic rings. The first-order valence-corrected chi connectivity index (χ1v) is 17.0. The second kappa shape index (κ2) is 15.8. The Morgan fingerprint density at radius 2 is 1.34 bits per heavy atom. The maximum absolute atomic E-state index is 12.2. The SMILES string of the molecule is CNCCCSC(SCCCCCC(=O)On1c(O)ccc1O)=C1c2ccccc2N(Cc2ccccc2)c2ccccc21. The third-order valence-corrected chi connectivity index (χ3v) is 9.99. The number of aromatic nitrogens is 1. The lowest BCUT2D eigenvalue weighted by Gasteiger charge is -2.35. The summed E-state index contributed by atoms with van der Waals surface area (Å²) in [7, 11) is 1.99. The Morgan fingerprint density at radius 1 is 0.750 bits per heavy atom. The van der Waals surface area contributed by atoms with Crippen LogP contribution in [-0.2, 0) is 11.3 Å². The van der Waals surface area contributed by atoms with E-state index < -0.39 is 5.97 Å². The molecule has 0 saturated carbocycles. The van der Waals surface area contributed by atoms with Gasteiger partial charge < -0.3 is 25.3 Å². The van der Waals surface area contributed by atoms with E-state index >= 15 is 0 Å². The largest absolute Gasteiger partial charge is 0.492 e. The molecule has 0 atom stereocenters. The van der Waals surface area contributed by atoms with E-state index in [2.05, 4.69) is 89.1 Å². The van der Waals surface area contributed by atoms with Gasteiger partial charge >= 0.3 is 5.97 Å². The van der Waals surface area contributed by atoms with Crippen LogP contribution in [0.15, 0.2) is 95.2 Å². The Bertz CT molecular complexity index is 1500. The highest BCUT2D eigenvalue weighted by molar-refractivity contribution is 8.22. The Kier molecular flexibility index (Phi) is 11.4. The molecule has 0 radical (unpaired) electrons. The van der Waals surface area contributed by atoms with Crippen LogP contribution in [0.2, 0.25) is 0 Å². The van der Waals surface area contributed by atoms with Crippen molar-refractivity contribution in [3.63, 3.8) is 0 Å². The number of thioether (sulfide) groups is 2. The average molecular weight is 630 g/mol. The number of carbonyl (C=O) groups excluding carboxylic acids is 1. The summed E-state index contributed by atoms with van der Waals surface area (Å²) in [6, 6.07) is 30.6. The van der Waals surface area contributed by atoms with Crippen LogP contribution in [0.25, 0.3) is 5.57 Å². The molecule has 0 spiro atoms. The summed E-state index contributed by atoms with van der Waals surface area (Å²) < 4.78 is 2.07. The van der Waals surface area contributed by atoms with Crippen LogP contribution in [0.5, 0.6) is 11.8 Å². The van der Waals surface area contributed by atoms with Gasteiger partial charge in [0, 0.05) is 57.4 Å². The van der Waals surface area contributed by atoms with Crippen molar-refractivity contribution in [2.75, 3.05) is 30.0 Å².